The summed E-state index contributed by atoms with van der Waals surface area (Å²) in [6.45, 7) is 0. The van der Waals surface area contributed by atoms with Gasteiger partial charge in [0, 0.05) is 18.6 Å². The van der Waals surface area contributed by atoms with Crippen LogP contribution >= 0.6 is 0 Å². The lowest BCUT2D eigenvalue weighted by atomic mass is 10.6. The van der Waals surface area contributed by atoms with Gasteiger partial charge in [0.05, 0.1) is 0 Å². The summed E-state index contributed by atoms with van der Waals surface area (Å²) in [5.74, 6) is 0.774. The number of aromatic nitrogens is 3. The molecular weight excluding hydrogens is 142 g/mol. The van der Waals surface area contributed by atoms with E-state index in [9.17, 15) is 4.79 Å². The molecule has 0 aliphatic rings. The molecule has 0 fully saturated rings. The molecule has 0 atom stereocenters. The first-order valence-electron chi connectivity index (χ1n) is 3.28. The van der Waals surface area contributed by atoms with Crippen molar-refractivity contribution >= 4 is 0 Å². The summed E-state index contributed by atoms with van der Waals surface area (Å²) in [4.78, 5) is 16.5. The molecule has 0 aliphatic carbocycles. The zero-order valence-electron chi connectivity index (χ0n) is 5.74. The van der Waals surface area contributed by atoms with E-state index in [4.69, 9.17) is 0 Å². The zero-order chi connectivity index (χ0) is 7.68. The highest BCUT2D eigenvalue weighted by Crippen LogP contribution is 1.97. The second-order valence-electron chi connectivity index (χ2n) is 2.19. The predicted octanol–water partition coefficient (Wildman–Crippen LogP) is 0.494. The molecule has 2 aromatic heterocycles. The van der Waals surface area contributed by atoms with Crippen molar-refractivity contribution in [3.8, 4) is 5.82 Å². The standard InChI is InChI=1S/C7H7N3O/c11-7-9-4-5-10(7)6-2-1-3-8-6/h1-5,8H,(H,9,11). The van der Waals surface area contributed by atoms with Crippen LogP contribution in [0.1, 0.15) is 0 Å². The minimum absolute atomic E-state index is 0.132. The van der Waals surface area contributed by atoms with Crippen molar-refractivity contribution in [2.75, 3.05) is 0 Å². The van der Waals surface area contributed by atoms with Gasteiger partial charge in [-0.05, 0) is 12.1 Å². The Morgan fingerprint density at radius 2 is 2.18 bits per heavy atom. The van der Waals surface area contributed by atoms with E-state index in [1.165, 1.54) is 4.57 Å². The van der Waals surface area contributed by atoms with Crippen molar-refractivity contribution in [1.82, 2.24) is 14.5 Å². The molecule has 0 aromatic carbocycles. The first-order chi connectivity index (χ1) is 5.38. The van der Waals surface area contributed by atoms with Crippen molar-refractivity contribution in [2.45, 2.75) is 0 Å². The first-order valence-corrected chi connectivity index (χ1v) is 3.28. The Morgan fingerprint density at radius 3 is 2.73 bits per heavy atom. The Balaban J connectivity index is 2.62. The van der Waals surface area contributed by atoms with Crippen LogP contribution in [0.15, 0.2) is 35.5 Å². The van der Waals surface area contributed by atoms with E-state index in [1.807, 2.05) is 12.1 Å². The van der Waals surface area contributed by atoms with Gasteiger partial charge in [-0.2, -0.15) is 0 Å². The molecule has 0 spiro atoms. The van der Waals surface area contributed by atoms with Crippen molar-refractivity contribution in [2.24, 2.45) is 0 Å². The van der Waals surface area contributed by atoms with E-state index in [2.05, 4.69) is 9.97 Å². The predicted molar refractivity (Wildman–Crippen MR) is 40.7 cm³/mol. The van der Waals surface area contributed by atoms with Gasteiger partial charge in [-0.25, -0.2) is 4.79 Å². The maximum absolute atomic E-state index is 11.0. The van der Waals surface area contributed by atoms with Crippen LogP contribution in [-0.2, 0) is 0 Å². The molecule has 0 saturated heterocycles. The average molecular weight is 149 g/mol. The van der Waals surface area contributed by atoms with Gasteiger partial charge in [0.25, 0.3) is 0 Å². The highest BCUT2D eigenvalue weighted by Gasteiger charge is 1.97. The van der Waals surface area contributed by atoms with E-state index in [0.717, 1.165) is 5.82 Å². The molecule has 2 rings (SSSR count). The van der Waals surface area contributed by atoms with Crippen LogP contribution in [-0.4, -0.2) is 14.5 Å². The van der Waals surface area contributed by atoms with Crippen LogP contribution < -0.4 is 5.69 Å². The number of hydrogen-bond acceptors (Lipinski definition) is 1. The minimum Gasteiger partial charge on any atom is -0.348 e. The maximum Gasteiger partial charge on any atom is 0.331 e. The number of hydrogen-bond donors (Lipinski definition) is 2. The number of imidazole rings is 1. The zero-order valence-corrected chi connectivity index (χ0v) is 5.74. The number of rotatable bonds is 1. The smallest absolute Gasteiger partial charge is 0.331 e. The summed E-state index contributed by atoms with van der Waals surface area (Å²) < 4.78 is 1.50. The van der Waals surface area contributed by atoms with Crippen LogP contribution in [0.2, 0.25) is 0 Å². The fourth-order valence-corrected chi connectivity index (χ4v) is 0.981. The SMILES string of the molecule is O=c1[nH]ccn1-c1ccc[nH]1. The lowest BCUT2D eigenvalue weighted by Gasteiger charge is -1.92. The van der Waals surface area contributed by atoms with Gasteiger partial charge < -0.3 is 9.97 Å². The molecule has 0 radical (unpaired) electrons. The van der Waals surface area contributed by atoms with Gasteiger partial charge in [0.2, 0.25) is 0 Å². The summed E-state index contributed by atoms with van der Waals surface area (Å²) in [5.41, 5.74) is -0.132. The van der Waals surface area contributed by atoms with Gasteiger partial charge in [-0.1, -0.05) is 0 Å². The molecule has 4 nitrogen and oxygen atoms in total. The fourth-order valence-electron chi connectivity index (χ4n) is 0.981. The molecule has 2 N–H and O–H groups in total. The molecule has 0 bridgehead atoms. The van der Waals surface area contributed by atoms with Crippen molar-refractivity contribution in [3.63, 3.8) is 0 Å². The Labute approximate surface area is 62.5 Å². The van der Waals surface area contributed by atoms with E-state index in [1.54, 1.807) is 18.6 Å². The van der Waals surface area contributed by atoms with Gasteiger partial charge in [-0.15, -0.1) is 0 Å². The lowest BCUT2D eigenvalue weighted by molar-refractivity contribution is 0.953. The summed E-state index contributed by atoms with van der Waals surface area (Å²) >= 11 is 0. The van der Waals surface area contributed by atoms with E-state index in [0.29, 0.717) is 0 Å². The van der Waals surface area contributed by atoms with Crippen molar-refractivity contribution in [3.05, 3.63) is 41.2 Å². The van der Waals surface area contributed by atoms with Gasteiger partial charge in [-0.3, -0.25) is 4.57 Å². The average Bonchev–Trinajstić information content (AvgIpc) is 2.55. The van der Waals surface area contributed by atoms with Crippen LogP contribution in [0.4, 0.5) is 0 Å². The highest BCUT2D eigenvalue weighted by atomic mass is 16.1. The Hall–Kier alpha value is -1.71. The third-order valence-corrected chi connectivity index (χ3v) is 1.49. The third kappa shape index (κ3) is 0.881. The fraction of sp³-hybridized carbons (Fsp3) is 0. The lowest BCUT2D eigenvalue weighted by Crippen LogP contribution is -2.13. The Bertz CT molecular complexity index is 382. The van der Waals surface area contributed by atoms with Crippen molar-refractivity contribution < 1.29 is 0 Å². The largest absolute Gasteiger partial charge is 0.348 e. The van der Waals surface area contributed by atoms with Crippen LogP contribution in [0.3, 0.4) is 0 Å². The monoisotopic (exact) mass is 149 g/mol. The molecular formula is C7H7N3O. The van der Waals surface area contributed by atoms with Gasteiger partial charge in [0.15, 0.2) is 0 Å². The van der Waals surface area contributed by atoms with Crippen LogP contribution in [0.5, 0.6) is 0 Å². The number of nitrogens with zero attached hydrogens (tertiary/aromatic N) is 1. The summed E-state index contributed by atoms with van der Waals surface area (Å²) in [6, 6.07) is 3.67. The normalized spacial score (nSPS) is 10.2. The topological polar surface area (TPSA) is 53.6 Å². The summed E-state index contributed by atoms with van der Waals surface area (Å²) in [5, 5.41) is 0. The summed E-state index contributed by atoms with van der Waals surface area (Å²) in [7, 11) is 0. The molecule has 0 unspecified atom stereocenters. The van der Waals surface area contributed by atoms with E-state index < -0.39 is 0 Å². The Morgan fingerprint density at radius 1 is 1.27 bits per heavy atom. The number of nitrogens with one attached hydrogen (secondary N) is 2. The van der Waals surface area contributed by atoms with E-state index >= 15 is 0 Å². The molecule has 0 amide bonds. The minimum atomic E-state index is -0.132. The molecule has 11 heavy (non-hydrogen) atoms. The molecule has 2 heterocycles. The van der Waals surface area contributed by atoms with Crippen molar-refractivity contribution in [1.29, 1.82) is 0 Å². The third-order valence-electron chi connectivity index (χ3n) is 1.49. The number of aromatic amines is 2. The Kier molecular flexibility index (Phi) is 1.18. The quantitative estimate of drug-likeness (QED) is 0.609. The second-order valence-corrected chi connectivity index (χ2v) is 2.19. The molecule has 4 heteroatoms. The van der Waals surface area contributed by atoms with Crippen LogP contribution in [0, 0.1) is 0 Å². The van der Waals surface area contributed by atoms with E-state index in [-0.39, 0.29) is 5.69 Å². The molecule has 0 saturated carbocycles. The van der Waals surface area contributed by atoms with Gasteiger partial charge >= 0.3 is 5.69 Å². The maximum atomic E-state index is 11.0. The molecule has 0 aliphatic heterocycles. The molecule has 56 valence electrons. The summed E-state index contributed by atoms with van der Waals surface area (Å²) in [6.07, 6.45) is 5.05. The van der Waals surface area contributed by atoms with Gasteiger partial charge in [0.1, 0.15) is 5.82 Å². The molecule has 2 aromatic rings. The first kappa shape index (κ1) is 6.03. The van der Waals surface area contributed by atoms with Crippen LogP contribution in [0.25, 0.3) is 5.82 Å². The number of H-pyrrole nitrogens is 2. The second kappa shape index (κ2) is 2.16. The highest BCUT2D eigenvalue weighted by molar-refractivity contribution is 5.21.